The Bertz CT molecular complexity index is 858. The van der Waals surface area contributed by atoms with E-state index in [1.165, 1.54) is 6.08 Å². The van der Waals surface area contributed by atoms with E-state index in [4.69, 9.17) is 22.4 Å². The van der Waals surface area contributed by atoms with Crippen LogP contribution in [-0.4, -0.2) is 35.4 Å². The SMILES string of the molecule is NCc1ccccc1C=C(Cl)CS(=O)(=O)c1n[nH]cc1C(=O)O. The first-order valence-corrected chi connectivity index (χ1v) is 8.52. The Morgan fingerprint density at radius 1 is 1.39 bits per heavy atom. The molecule has 4 N–H and O–H groups in total. The van der Waals surface area contributed by atoms with E-state index in [2.05, 4.69) is 10.2 Å². The summed E-state index contributed by atoms with van der Waals surface area (Å²) in [6, 6.07) is 7.15. The molecule has 0 aliphatic rings. The maximum atomic E-state index is 12.3. The van der Waals surface area contributed by atoms with Gasteiger partial charge in [0, 0.05) is 17.8 Å². The lowest BCUT2D eigenvalue weighted by atomic mass is 10.1. The van der Waals surface area contributed by atoms with Crippen LogP contribution in [0.4, 0.5) is 0 Å². The number of rotatable bonds is 6. The van der Waals surface area contributed by atoms with Gasteiger partial charge in [-0.1, -0.05) is 35.9 Å². The van der Waals surface area contributed by atoms with E-state index >= 15 is 0 Å². The summed E-state index contributed by atoms with van der Waals surface area (Å²) in [6.07, 6.45) is 2.50. The minimum atomic E-state index is -3.99. The van der Waals surface area contributed by atoms with Crippen LogP contribution >= 0.6 is 11.6 Å². The number of aromatic carboxylic acids is 1. The van der Waals surface area contributed by atoms with Gasteiger partial charge >= 0.3 is 5.97 Å². The number of carboxylic acid groups (broad SMARTS) is 1. The molecule has 0 fully saturated rings. The standard InChI is InChI=1S/C14H14ClN3O4S/c15-11(5-9-3-1-2-4-10(9)6-16)8-23(21,22)13-12(14(19)20)7-17-18-13/h1-5,7H,6,8,16H2,(H,17,18)(H,19,20). The van der Waals surface area contributed by atoms with Crippen molar-refractivity contribution in [2.75, 3.05) is 5.75 Å². The summed E-state index contributed by atoms with van der Waals surface area (Å²) in [6.45, 7) is 0.284. The van der Waals surface area contributed by atoms with E-state index in [-0.39, 0.29) is 11.6 Å². The third-order valence-corrected chi connectivity index (χ3v) is 5.04. The molecule has 0 saturated carbocycles. The number of H-pyrrole nitrogens is 1. The molecule has 0 radical (unpaired) electrons. The summed E-state index contributed by atoms with van der Waals surface area (Å²) >= 11 is 6.03. The molecule has 1 aromatic heterocycles. The quantitative estimate of drug-likeness (QED) is 0.722. The topological polar surface area (TPSA) is 126 Å². The predicted molar refractivity (Wildman–Crippen MR) is 85.8 cm³/mol. The van der Waals surface area contributed by atoms with Crippen LogP contribution in [0.25, 0.3) is 6.08 Å². The van der Waals surface area contributed by atoms with Gasteiger partial charge in [0.25, 0.3) is 0 Å². The van der Waals surface area contributed by atoms with E-state index in [0.29, 0.717) is 5.56 Å². The molecule has 1 heterocycles. The second-order valence-corrected chi connectivity index (χ2v) is 7.05. The second-order valence-electron chi connectivity index (χ2n) is 4.66. The van der Waals surface area contributed by atoms with Crippen molar-refractivity contribution in [2.45, 2.75) is 11.6 Å². The Labute approximate surface area is 137 Å². The van der Waals surface area contributed by atoms with Gasteiger partial charge in [-0.25, -0.2) is 13.2 Å². The van der Waals surface area contributed by atoms with E-state index in [9.17, 15) is 13.2 Å². The first-order valence-electron chi connectivity index (χ1n) is 6.49. The van der Waals surface area contributed by atoms with Gasteiger partial charge in [0.05, 0.1) is 5.75 Å². The first kappa shape index (κ1) is 17.2. The lowest BCUT2D eigenvalue weighted by molar-refractivity contribution is 0.0692. The average Bonchev–Trinajstić information content (AvgIpc) is 2.97. The highest BCUT2D eigenvalue weighted by molar-refractivity contribution is 7.91. The third kappa shape index (κ3) is 3.98. The normalized spacial score (nSPS) is 12.3. The fourth-order valence-electron chi connectivity index (χ4n) is 1.99. The van der Waals surface area contributed by atoms with Crippen LogP contribution in [0.1, 0.15) is 21.5 Å². The molecule has 0 spiro atoms. The molecule has 0 amide bonds. The number of benzene rings is 1. The molecule has 9 heteroatoms. The molecule has 0 aliphatic carbocycles. The van der Waals surface area contributed by atoms with Crippen LogP contribution in [-0.2, 0) is 16.4 Å². The van der Waals surface area contributed by atoms with Gasteiger partial charge in [0.1, 0.15) is 5.56 Å². The number of aromatic amines is 1. The van der Waals surface area contributed by atoms with E-state index < -0.39 is 32.1 Å². The zero-order valence-corrected chi connectivity index (χ0v) is 13.4. The van der Waals surface area contributed by atoms with Gasteiger partial charge in [-0.05, 0) is 17.2 Å². The molecule has 0 unspecified atom stereocenters. The highest BCUT2D eigenvalue weighted by atomic mass is 35.5. The van der Waals surface area contributed by atoms with Gasteiger partial charge < -0.3 is 10.8 Å². The summed E-state index contributed by atoms with van der Waals surface area (Å²) in [5.41, 5.74) is 6.71. The highest BCUT2D eigenvalue weighted by Gasteiger charge is 2.26. The summed E-state index contributed by atoms with van der Waals surface area (Å²) in [5.74, 6) is -1.94. The maximum absolute atomic E-state index is 12.3. The van der Waals surface area contributed by atoms with Crippen molar-refractivity contribution < 1.29 is 18.3 Å². The summed E-state index contributed by atoms with van der Waals surface area (Å²) in [7, 11) is -3.99. The van der Waals surface area contributed by atoms with Crippen molar-refractivity contribution >= 4 is 33.5 Å². The van der Waals surface area contributed by atoms with Gasteiger partial charge in [0.15, 0.2) is 5.03 Å². The lowest BCUT2D eigenvalue weighted by Gasteiger charge is -2.05. The molecule has 23 heavy (non-hydrogen) atoms. The van der Waals surface area contributed by atoms with Gasteiger partial charge in [-0.3, -0.25) is 5.10 Å². The lowest BCUT2D eigenvalue weighted by Crippen LogP contribution is -2.12. The Hall–Kier alpha value is -2.16. The zero-order chi connectivity index (χ0) is 17.0. The third-order valence-electron chi connectivity index (χ3n) is 3.05. The molecular weight excluding hydrogens is 342 g/mol. The number of halogens is 1. The van der Waals surface area contributed by atoms with E-state index in [0.717, 1.165) is 11.8 Å². The molecule has 7 nitrogen and oxygen atoms in total. The Kier molecular flexibility index (Phi) is 5.19. The number of sulfone groups is 1. The molecule has 2 rings (SSSR count). The zero-order valence-electron chi connectivity index (χ0n) is 11.9. The fourth-order valence-corrected chi connectivity index (χ4v) is 3.79. The van der Waals surface area contributed by atoms with Crippen LogP contribution in [0, 0.1) is 0 Å². The van der Waals surface area contributed by atoms with Crippen LogP contribution < -0.4 is 5.73 Å². The van der Waals surface area contributed by atoms with Gasteiger partial charge in [0.2, 0.25) is 9.84 Å². The molecule has 1 aromatic carbocycles. The average molecular weight is 356 g/mol. The number of carbonyl (C=O) groups is 1. The van der Waals surface area contributed by atoms with Crippen molar-refractivity contribution in [3.05, 3.63) is 52.2 Å². The molecule has 0 atom stereocenters. The highest BCUT2D eigenvalue weighted by Crippen LogP contribution is 2.21. The number of hydrogen-bond acceptors (Lipinski definition) is 5. The number of nitrogens with zero attached hydrogens (tertiary/aromatic N) is 1. The number of carboxylic acids is 1. The number of nitrogens with two attached hydrogens (primary N) is 1. The molecule has 122 valence electrons. The Morgan fingerprint density at radius 3 is 2.74 bits per heavy atom. The Morgan fingerprint density at radius 2 is 2.09 bits per heavy atom. The van der Waals surface area contributed by atoms with Crippen LogP contribution in [0.3, 0.4) is 0 Å². The van der Waals surface area contributed by atoms with Crippen molar-refractivity contribution in [2.24, 2.45) is 5.73 Å². The van der Waals surface area contributed by atoms with Crippen LogP contribution in [0.15, 0.2) is 40.5 Å². The maximum Gasteiger partial charge on any atom is 0.340 e. The molecular formula is C14H14ClN3O4S. The summed E-state index contributed by atoms with van der Waals surface area (Å²) in [4.78, 5) is 11.0. The first-order chi connectivity index (χ1) is 10.8. The molecule has 0 aliphatic heterocycles. The molecule has 2 aromatic rings. The smallest absolute Gasteiger partial charge is 0.340 e. The number of aromatic nitrogens is 2. The van der Waals surface area contributed by atoms with E-state index in [1.807, 2.05) is 6.07 Å². The Balaban J connectivity index is 2.31. The second kappa shape index (κ2) is 6.95. The van der Waals surface area contributed by atoms with Gasteiger partial charge in [-0.2, -0.15) is 5.10 Å². The predicted octanol–water partition coefficient (Wildman–Crippen LogP) is 1.62. The van der Waals surface area contributed by atoms with Crippen molar-refractivity contribution in [1.82, 2.24) is 10.2 Å². The monoisotopic (exact) mass is 355 g/mol. The number of hydrogen-bond donors (Lipinski definition) is 3. The van der Waals surface area contributed by atoms with Crippen molar-refractivity contribution in [3.8, 4) is 0 Å². The molecule has 0 bridgehead atoms. The number of nitrogens with one attached hydrogen (secondary N) is 1. The summed E-state index contributed by atoms with van der Waals surface area (Å²) < 4.78 is 24.6. The minimum absolute atomic E-state index is 0.0326. The summed E-state index contributed by atoms with van der Waals surface area (Å²) in [5, 5.41) is 14.2. The van der Waals surface area contributed by atoms with E-state index in [1.54, 1.807) is 18.2 Å². The minimum Gasteiger partial charge on any atom is -0.478 e. The van der Waals surface area contributed by atoms with Crippen LogP contribution in [0.2, 0.25) is 0 Å². The largest absolute Gasteiger partial charge is 0.478 e. The van der Waals surface area contributed by atoms with Crippen molar-refractivity contribution in [1.29, 1.82) is 0 Å². The molecule has 0 saturated heterocycles. The van der Waals surface area contributed by atoms with Crippen LogP contribution in [0.5, 0.6) is 0 Å². The van der Waals surface area contributed by atoms with Gasteiger partial charge in [-0.15, -0.1) is 0 Å². The van der Waals surface area contributed by atoms with Crippen molar-refractivity contribution in [3.63, 3.8) is 0 Å². The fraction of sp³-hybridized carbons (Fsp3) is 0.143.